The summed E-state index contributed by atoms with van der Waals surface area (Å²) >= 11 is 6.97. The number of aliphatic hydroxyl groups excluding tert-OH is 1. The number of nitrogens with one attached hydrogen (secondary N) is 1. The van der Waals surface area contributed by atoms with Crippen LogP contribution >= 0.6 is 31.9 Å². The van der Waals surface area contributed by atoms with Crippen molar-refractivity contribution in [3.05, 3.63) is 32.2 Å². The average Bonchev–Trinajstić information content (AvgIpc) is 3.71. The van der Waals surface area contributed by atoms with Gasteiger partial charge in [-0.15, -0.1) is 0 Å². The van der Waals surface area contributed by atoms with Crippen molar-refractivity contribution in [2.75, 3.05) is 47.6 Å². The van der Waals surface area contributed by atoms with Gasteiger partial charge in [-0.2, -0.15) is 0 Å². The van der Waals surface area contributed by atoms with Gasteiger partial charge in [0.15, 0.2) is 23.0 Å². The smallest absolute Gasteiger partial charge is 0.340 e. The Morgan fingerprint density at radius 2 is 1.47 bits per heavy atom. The molecule has 2 heterocycles. The topological polar surface area (TPSA) is 153 Å². The van der Waals surface area contributed by atoms with E-state index in [1.54, 1.807) is 6.92 Å². The van der Waals surface area contributed by atoms with Gasteiger partial charge in [0.05, 0.1) is 59.8 Å². The molecule has 13 nitrogen and oxygen atoms in total. The monoisotopic (exact) mass is 756 g/mol. The first kappa shape index (κ1) is 34.2. The molecule has 0 bridgehead atoms. The van der Waals surface area contributed by atoms with E-state index in [2.05, 4.69) is 55.3 Å². The lowest BCUT2D eigenvalue weighted by molar-refractivity contribution is 0.0525. The number of methoxy groups -OCH3 is 2. The van der Waals surface area contributed by atoms with Crippen molar-refractivity contribution < 1.29 is 52.7 Å². The minimum atomic E-state index is -0.943. The number of carbonyl (C=O) groups is 2. The number of unbranched alkanes of at least 4 members (excludes halogenated alkanes) is 1. The number of oxime groups is 1. The van der Waals surface area contributed by atoms with Crippen molar-refractivity contribution in [1.29, 1.82) is 0 Å². The molecular weight excluding hydrogens is 724 g/mol. The molecule has 45 heavy (non-hydrogen) atoms. The molecule has 4 rings (SSSR count). The van der Waals surface area contributed by atoms with E-state index in [1.807, 2.05) is 6.08 Å². The summed E-state index contributed by atoms with van der Waals surface area (Å²) in [5.41, 5.74) is 0.204. The Morgan fingerprint density at radius 1 is 0.911 bits per heavy atom. The van der Waals surface area contributed by atoms with Gasteiger partial charge in [0.25, 0.3) is 5.91 Å². The largest absolute Gasteiger partial charge is 0.492 e. The van der Waals surface area contributed by atoms with E-state index in [9.17, 15) is 14.7 Å². The minimum Gasteiger partial charge on any atom is -0.492 e. The maximum absolute atomic E-state index is 14.1. The zero-order chi connectivity index (χ0) is 32.5. The first-order valence-corrected chi connectivity index (χ1v) is 15.7. The number of nitrogens with zero attached hydrogens (tertiary/aromatic N) is 1. The highest BCUT2D eigenvalue weighted by Crippen LogP contribution is 2.60. The third-order valence-corrected chi connectivity index (χ3v) is 8.13. The van der Waals surface area contributed by atoms with Gasteiger partial charge in [-0.25, -0.2) is 4.79 Å². The number of benzene rings is 2. The summed E-state index contributed by atoms with van der Waals surface area (Å²) in [4.78, 5) is 32.9. The second kappa shape index (κ2) is 16.0. The van der Waals surface area contributed by atoms with Gasteiger partial charge in [0.2, 0.25) is 25.1 Å². The van der Waals surface area contributed by atoms with Gasteiger partial charge in [-0.05, 0) is 45.2 Å². The normalized spacial score (nSPS) is 13.8. The van der Waals surface area contributed by atoms with E-state index in [-0.39, 0.29) is 85.9 Å². The van der Waals surface area contributed by atoms with Gasteiger partial charge in [0, 0.05) is 17.5 Å². The number of hydrogen-bond acceptors (Lipinski definition) is 12. The Kier molecular flexibility index (Phi) is 12.2. The highest BCUT2D eigenvalue weighted by atomic mass is 79.9. The van der Waals surface area contributed by atoms with Crippen molar-refractivity contribution >= 4 is 50.0 Å². The zero-order valence-corrected chi connectivity index (χ0v) is 28.4. The molecule has 0 saturated heterocycles. The lowest BCUT2D eigenvalue weighted by Crippen LogP contribution is -2.39. The van der Waals surface area contributed by atoms with Crippen LogP contribution in [0.15, 0.2) is 26.3 Å². The van der Waals surface area contributed by atoms with Gasteiger partial charge in [-0.1, -0.05) is 30.7 Å². The fraction of sp³-hybridized carbons (Fsp3) is 0.433. The second-order valence-corrected chi connectivity index (χ2v) is 11.0. The number of halogens is 2. The van der Waals surface area contributed by atoms with Crippen LogP contribution in [0, 0.1) is 0 Å². The predicted octanol–water partition coefficient (Wildman–Crippen LogP) is 5.37. The quantitative estimate of drug-likeness (QED) is 0.0793. The van der Waals surface area contributed by atoms with E-state index in [0.717, 1.165) is 12.8 Å². The van der Waals surface area contributed by atoms with Gasteiger partial charge in [0.1, 0.15) is 6.61 Å². The molecule has 0 fully saturated rings. The number of carbonyl (C=O) groups excluding carboxylic acids is 2. The molecule has 2 aliphatic heterocycles. The third kappa shape index (κ3) is 7.10. The van der Waals surface area contributed by atoms with E-state index < -0.39 is 24.5 Å². The minimum absolute atomic E-state index is 0.0107. The van der Waals surface area contributed by atoms with Crippen molar-refractivity contribution in [2.24, 2.45) is 5.16 Å². The van der Waals surface area contributed by atoms with Crippen molar-refractivity contribution in [1.82, 2.24) is 5.32 Å². The van der Waals surface area contributed by atoms with Crippen LogP contribution in [0.5, 0.6) is 34.5 Å². The Balaban J connectivity index is 1.84. The number of esters is 1. The fourth-order valence-corrected chi connectivity index (χ4v) is 6.07. The lowest BCUT2D eigenvalue weighted by atomic mass is 9.91. The first-order chi connectivity index (χ1) is 21.8. The average molecular weight is 758 g/mol. The predicted molar refractivity (Wildman–Crippen MR) is 170 cm³/mol. The Labute approximate surface area is 277 Å². The van der Waals surface area contributed by atoms with Crippen LogP contribution in [0.4, 0.5) is 0 Å². The standard InChI is InChI=1S/C30H34Br2N2O11/c1-5-7-8-9-10-11-45-33-12-16(13-35)34-29(36)19-17(23-27(43-14-41-23)25(38-3)21(19)31)18-20(30(37)40-6-2)22(32)26(39-4)28-24(18)42-15-44-28/h8-9,12,16,35H,5-7,10-11,13-15H2,1-4H3,(H,34,36)/b9-8+,33-12+. The SMILES string of the molecule is CCC/C=C/CCO/N=C/C(CO)NC(=O)c1c(Br)c(OC)c2c(c1-c1c3c(c(OC)c(Br)c1C(=O)OCC)OCO3)OCO2. The lowest BCUT2D eigenvalue weighted by Gasteiger charge is -2.22. The van der Waals surface area contributed by atoms with Crippen molar-refractivity contribution in [3.8, 4) is 45.6 Å². The van der Waals surface area contributed by atoms with Crippen molar-refractivity contribution in [3.63, 3.8) is 0 Å². The molecule has 2 aromatic carbocycles. The van der Waals surface area contributed by atoms with Crippen LogP contribution in [0.3, 0.4) is 0 Å². The number of fused-ring (bicyclic) bond motifs is 2. The molecule has 15 heteroatoms. The summed E-state index contributed by atoms with van der Waals surface area (Å²) in [7, 11) is 2.82. The molecule has 0 saturated carbocycles. The van der Waals surface area contributed by atoms with Crippen LogP contribution in [-0.4, -0.2) is 76.9 Å². The van der Waals surface area contributed by atoms with Crippen LogP contribution < -0.4 is 33.7 Å². The Morgan fingerprint density at radius 3 is 2.02 bits per heavy atom. The third-order valence-electron chi connectivity index (χ3n) is 6.62. The maximum Gasteiger partial charge on any atom is 0.340 e. The molecule has 244 valence electrons. The summed E-state index contributed by atoms with van der Waals surface area (Å²) in [5, 5.41) is 16.7. The van der Waals surface area contributed by atoms with Crippen LogP contribution in [0.2, 0.25) is 0 Å². The van der Waals surface area contributed by atoms with Crippen LogP contribution in [0.1, 0.15) is 53.8 Å². The Bertz CT molecular complexity index is 1480. The maximum atomic E-state index is 14.1. The molecule has 0 radical (unpaired) electrons. The summed E-state index contributed by atoms with van der Waals surface area (Å²) in [5.74, 6) is -0.451. The van der Waals surface area contributed by atoms with E-state index >= 15 is 0 Å². The molecule has 2 aliphatic rings. The van der Waals surface area contributed by atoms with Crippen molar-refractivity contribution in [2.45, 2.75) is 39.2 Å². The number of amides is 1. The molecule has 0 spiro atoms. The molecule has 0 aromatic heterocycles. The summed E-state index contributed by atoms with van der Waals surface area (Å²) in [6.07, 6.45) is 8.07. The van der Waals surface area contributed by atoms with E-state index in [4.69, 9.17) is 38.0 Å². The molecule has 1 amide bonds. The fourth-order valence-electron chi connectivity index (χ4n) is 4.65. The number of rotatable bonds is 15. The molecule has 2 aromatic rings. The van der Waals surface area contributed by atoms with E-state index in [1.165, 1.54) is 20.4 Å². The first-order valence-electron chi connectivity index (χ1n) is 14.1. The van der Waals surface area contributed by atoms with Crippen LogP contribution in [0.25, 0.3) is 11.1 Å². The second-order valence-electron chi connectivity index (χ2n) is 9.44. The number of hydrogen-bond donors (Lipinski definition) is 2. The van der Waals surface area contributed by atoms with Gasteiger partial charge in [-0.3, -0.25) is 4.79 Å². The summed E-state index contributed by atoms with van der Waals surface area (Å²) in [6.45, 7) is 3.28. The Hall–Kier alpha value is -3.69. The summed E-state index contributed by atoms with van der Waals surface area (Å²) in [6, 6.07) is -0.943. The van der Waals surface area contributed by atoms with Gasteiger partial charge >= 0.3 is 5.97 Å². The van der Waals surface area contributed by atoms with Crippen LogP contribution in [-0.2, 0) is 9.57 Å². The van der Waals surface area contributed by atoms with Gasteiger partial charge < -0.3 is 48.4 Å². The molecule has 0 aliphatic carbocycles. The number of ether oxygens (including phenoxy) is 7. The molecule has 1 unspecified atom stereocenters. The summed E-state index contributed by atoms with van der Waals surface area (Å²) < 4.78 is 40.1. The molecular formula is C30H34Br2N2O11. The van der Waals surface area contributed by atoms with E-state index in [0.29, 0.717) is 13.0 Å². The zero-order valence-electron chi connectivity index (χ0n) is 25.2. The highest BCUT2D eigenvalue weighted by molar-refractivity contribution is 9.11. The number of allylic oxidation sites excluding steroid dienone is 1. The molecule has 1 atom stereocenters. The highest BCUT2D eigenvalue weighted by Gasteiger charge is 2.41. The number of aliphatic hydroxyl groups is 1. The molecule has 2 N–H and O–H groups in total.